The molecule has 0 spiro atoms. The molecule has 0 N–H and O–H groups in total. The van der Waals surface area contributed by atoms with Gasteiger partial charge in [0.1, 0.15) is 18.1 Å². The number of aromatic nitrogens is 1. The van der Waals surface area contributed by atoms with Gasteiger partial charge in [0.15, 0.2) is 0 Å². The fourth-order valence-corrected chi connectivity index (χ4v) is 3.17. The van der Waals surface area contributed by atoms with Crippen molar-refractivity contribution in [2.45, 2.75) is 32.7 Å². The maximum atomic E-state index is 12.6. The number of para-hydroxylation sites is 1. The number of ether oxygens (including phenoxy) is 1. The zero-order valence-corrected chi connectivity index (χ0v) is 19.7. The Morgan fingerprint density at radius 1 is 1.16 bits per heavy atom. The molecule has 6 nitrogen and oxygen atoms in total. The van der Waals surface area contributed by atoms with Crippen LogP contribution in [0, 0.1) is 0 Å². The summed E-state index contributed by atoms with van der Waals surface area (Å²) in [6.07, 6.45) is -2.70. The minimum Gasteiger partial charge on any atom is -0.550 e. The first-order chi connectivity index (χ1) is 14.8. The predicted molar refractivity (Wildman–Crippen MR) is 107 cm³/mol. The molecule has 0 unspecified atom stereocenters. The number of aliphatic carboxylic acids is 1. The average molecular weight is 456 g/mol. The number of hydrogen-bond acceptors (Lipinski definition) is 5. The van der Waals surface area contributed by atoms with Gasteiger partial charge < -0.3 is 24.0 Å². The number of oxime groups is 1. The SMILES string of the molecule is CCCON=C(Cn1cc(CC(=O)[O-])c2ccccc21)c1cccc(OC(F)(F)F)c1.[Na+]. The zero-order valence-electron chi connectivity index (χ0n) is 17.7. The molecule has 3 aromatic rings. The van der Waals surface area contributed by atoms with E-state index in [0.29, 0.717) is 29.9 Å². The van der Waals surface area contributed by atoms with E-state index in [2.05, 4.69) is 9.89 Å². The summed E-state index contributed by atoms with van der Waals surface area (Å²) in [7, 11) is 0. The van der Waals surface area contributed by atoms with Gasteiger partial charge >= 0.3 is 35.9 Å². The molecule has 1 aromatic heterocycles. The van der Waals surface area contributed by atoms with E-state index < -0.39 is 12.3 Å². The molecule has 0 bridgehead atoms. The molecule has 10 heteroatoms. The van der Waals surface area contributed by atoms with Crippen LogP contribution in [-0.4, -0.2) is 29.2 Å². The molecule has 1 heterocycles. The number of rotatable bonds is 9. The van der Waals surface area contributed by atoms with E-state index >= 15 is 0 Å². The Labute approximate surface area is 204 Å². The van der Waals surface area contributed by atoms with E-state index in [4.69, 9.17) is 4.84 Å². The Kier molecular flexibility index (Phi) is 9.18. The van der Waals surface area contributed by atoms with Crippen LogP contribution >= 0.6 is 0 Å². The second kappa shape index (κ2) is 11.4. The molecular formula is C22H20F3N2NaO4. The van der Waals surface area contributed by atoms with Crippen molar-refractivity contribution in [2.24, 2.45) is 5.16 Å². The molecule has 0 radical (unpaired) electrons. The van der Waals surface area contributed by atoms with Crippen molar-refractivity contribution < 1.29 is 62.2 Å². The van der Waals surface area contributed by atoms with Crippen molar-refractivity contribution >= 4 is 22.6 Å². The fourth-order valence-electron chi connectivity index (χ4n) is 3.17. The number of benzene rings is 2. The number of halogens is 3. The van der Waals surface area contributed by atoms with Gasteiger partial charge in [-0.3, -0.25) is 0 Å². The summed E-state index contributed by atoms with van der Waals surface area (Å²) in [5.74, 6) is -1.58. The van der Waals surface area contributed by atoms with Crippen LogP contribution in [0.5, 0.6) is 5.75 Å². The summed E-state index contributed by atoms with van der Waals surface area (Å²) >= 11 is 0. The van der Waals surface area contributed by atoms with Crippen molar-refractivity contribution in [3.05, 3.63) is 65.9 Å². The quantitative estimate of drug-likeness (QED) is 0.205. The molecular weight excluding hydrogens is 436 g/mol. The molecule has 3 rings (SSSR count). The topological polar surface area (TPSA) is 75.9 Å². The maximum Gasteiger partial charge on any atom is 1.00 e. The van der Waals surface area contributed by atoms with Gasteiger partial charge in [0.05, 0.1) is 6.54 Å². The number of carboxylic acids is 1. The molecule has 32 heavy (non-hydrogen) atoms. The summed E-state index contributed by atoms with van der Waals surface area (Å²) in [6.45, 7) is 2.38. The van der Waals surface area contributed by atoms with Crippen molar-refractivity contribution in [3.63, 3.8) is 0 Å². The van der Waals surface area contributed by atoms with Crippen LogP contribution in [0.2, 0.25) is 0 Å². The average Bonchev–Trinajstić information content (AvgIpc) is 3.03. The zero-order chi connectivity index (χ0) is 22.4. The van der Waals surface area contributed by atoms with Gasteiger partial charge in [0.25, 0.3) is 0 Å². The molecule has 0 amide bonds. The van der Waals surface area contributed by atoms with Gasteiger partial charge in [0, 0.05) is 35.1 Å². The molecule has 0 aliphatic heterocycles. The standard InChI is InChI=1S/C22H21F3N2O4.Na/c1-2-10-30-26-19(15-6-5-7-17(11-15)31-22(23,24)25)14-27-13-16(12-21(28)29)18-8-3-4-9-20(18)27;/h3-9,11,13H,2,10,12,14H2,1H3,(H,28,29);/q;+1/p-1. The molecule has 0 atom stereocenters. The molecule has 2 aromatic carbocycles. The van der Waals surface area contributed by atoms with E-state index in [0.717, 1.165) is 10.9 Å². The van der Waals surface area contributed by atoms with Crippen LogP contribution in [0.4, 0.5) is 13.2 Å². The largest absolute Gasteiger partial charge is 1.00 e. The molecule has 0 aliphatic carbocycles. The Morgan fingerprint density at radius 3 is 2.59 bits per heavy atom. The molecule has 164 valence electrons. The van der Waals surface area contributed by atoms with Crippen LogP contribution in [0.1, 0.15) is 24.5 Å². The smallest absolute Gasteiger partial charge is 0.550 e. The summed E-state index contributed by atoms with van der Waals surface area (Å²) in [5, 5.41) is 16.0. The third kappa shape index (κ3) is 7.01. The molecule has 0 saturated carbocycles. The third-order valence-electron chi connectivity index (χ3n) is 4.40. The van der Waals surface area contributed by atoms with Crippen molar-refractivity contribution in [2.75, 3.05) is 6.61 Å². The molecule has 0 saturated heterocycles. The van der Waals surface area contributed by atoms with Crippen LogP contribution in [-0.2, 0) is 22.6 Å². The van der Waals surface area contributed by atoms with Crippen LogP contribution < -0.4 is 39.4 Å². The first-order valence-corrected chi connectivity index (χ1v) is 9.58. The summed E-state index contributed by atoms with van der Waals surface area (Å²) < 4.78 is 43.6. The van der Waals surface area contributed by atoms with Crippen molar-refractivity contribution in [3.8, 4) is 5.75 Å². The van der Waals surface area contributed by atoms with Gasteiger partial charge in [0.2, 0.25) is 0 Å². The minimum absolute atomic E-state index is 0. The monoisotopic (exact) mass is 456 g/mol. The second-order valence-corrected chi connectivity index (χ2v) is 6.80. The van der Waals surface area contributed by atoms with Crippen LogP contribution in [0.25, 0.3) is 10.9 Å². The number of carbonyl (C=O) groups is 1. The van der Waals surface area contributed by atoms with Gasteiger partial charge in [-0.15, -0.1) is 13.2 Å². The number of carboxylic acid groups (broad SMARTS) is 1. The number of alkyl halides is 3. The van der Waals surface area contributed by atoms with E-state index in [9.17, 15) is 23.1 Å². The second-order valence-electron chi connectivity index (χ2n) is 6.80. The molecule has 0 fully saturated rings. The minimum atomic E-state index is -4.81. The van der Waals surface area contributed by atoms with E-state index in [1.165, 1.54) is 18.2 Å². The Bertz CT molecular complexity index is 1100. The number of carbonyl (C=O) groups excluding carboxylic acids is 1. The van der Waals surface area contributed by atoms with E-state index in [1.54, 1.807) is 29.0 Å². The van der Waals surface area contributed by atoms with Gasteiger partial charge in [-0.25, -0.2) is 0 Å². The van der Waals surface area contributed by atoms with Crippen molar-refractivity contribution in [1.82, 2.24) is 4.57 Å². The molecule has 0 aliphatic rings. The number of fused-ring (bicyclic) bond motifs is 1. The Balaban J connectivity index is 0.00000363. The van der Waals surface area contributed by atoms with Gasteiger partial charge in [-0.05, 0) is 30.2 Å². The summed E-state index contributed by atoms with van der Waals surface area (Å²) in [4.78, 5) is 16.4. The van der Waals surface area contributed by atoms with Crippen molar-refractivity contribution in [1.29, 1.82) is 0 Å². The van der Waals surface area contributed by atoms with E-state index in [1.807, 2.05) is 19.1 Å². The first kappa shape index (κ1) is 25.8. The Hall–Kier alpha value is -2.49. The summed E-state index contributed by atoms with van der Waals surface area (Å²) in [6, 6.07) is 12.7. The maximum absolute atomic E-state index is 12.6. The van der Waals surface area contributed by atoms with Crippen LogP contribution in [0.15, 0.2) is 59.9 Å². The normalized spacial score (nSPS) is 11.8. The van der Waals surface area contributed by atoms with Gasteiger partial charge in [-0.1, -0.05) is 42.4 Å². The first-order valence-electron chi connectivity index (χ1n) is 9.58. The fraction of sp³-hybridized carbons (Fsp3) is 0.273. The summed E-state index contributed by atoms with van der Waals surface area (Å²) in [5.41, 5.74) is 2.07. The number of nitrogens with zero attached hydrogens (tertiary/aromatic N) is 2. The number of hydrogen-bond donors (Lipinski definition) is 0. The van der Waals surface area contributed by atoms with E-state index in [-0.39, 0.29) is 48.3 Å². The van der Waals surface area contributed by atoms with Crippen LogP contribution in [0.3, 0.4) is 0 Å². The Morgan fingerprint density at radius 2 is 1.91 bits per heavy atom. The predicted octanol–water partition coefficient (Wildman–Crippen LogP) is 0.667. The third-order valence-corrected chi connectivity index (χ3v) is 4.40. The van der Waals surface area contributed by atoms with Gasteiger partial charge in [-0.2, -0.15) is 0 Å².